The first kappa shape index (κ1) is 11.9. The highest BCUT2D eigenvalue weighted by atomic mass is 35.5. The number of ether oxygens (including phenoxy) is 1. The molecule has 20 heavy (non-hydrogen) atoms. The molecule has 0 aliphatic carbocycles. The van der Waals surface area contributed by atoms with E-state index in [1.165, 1.54) is 0 Å². The van der Waals surface area contributed by atoms with E-state index in [1.807, 2.05) is 37.3 Å². The molecular formula is C15H13ClN2O2. The lowest BCUT2D eigenvalue weighted by Gasteiger charge is -2.44. The number of urea groups is 1. The van der Waals surface area contributed by atoms with Crippen LogP contribution in [0, 0.1) is 0 Å². The first-order chi connectivity index (χ1) is 9.56. The van der Waals surface area contributed by atoms with E-state index >= 15 is 0 Å². The van der Waals surface area contributed by atoms with Crippen molar-refractivity contribution >= 4 is 28.4 Å². The van der Waals surface area contributed by atoms with Crippen LogP contribution in [0.5, 0.6) is 5.75 Å². The van der Waals surface area contributed by atoms with Gasteiger partial charge >= 0.3 is 6.03 Å². The Morgan fingerprint density at radius 2 is 2.10 bits per heavy atom. The summed E-state index contributed by atoms with van der Waals surface area (Å²) >= 11 is 6.36. The Bertz CT molecular complexity index is 746. The lowest BCUT2D eigenvalue weighted by atomic mass is 9.89. The fourth-order valence-corrected chi connectivity index (χ4v) is 3.39. The number of amides is 2. The number of hydrogen-bond acceptors (Lipinski definition) is 2. The summed E-state index contributed by atoms with van der Waals surface area (Å²) in [5, 5.41) is 8.39. The van der Waals surface area contributed by atoms with Crippen LogP contribution in [-0.2, 0) is 0 Å². The number of rotatable bonds is 0. The molecule has 102 valence electrons. The Morgan fingerprint density at radius 3 is 2.90 bits per heavy atom. The number of halogens is 1. The molecule has 0 radical (unpaired) electrons. The second-order valence-corrected chi connectivity index (χ2v) is 5.92. The third kappa shape index (κ3) is 1.58. The third-order valence-corrected chi connectivity index (χ3v) is 4.27. The molecular weight excluding hydrogens is 276 g/mol. The number of carbonyl (C=O) groups excluding carboxylic acids is 1. The highest BCUT2D eigenvalue weighted by molar-refractivity contribution is 6.36. The van der Waals surface area contributed by atoms with Crippen molar-refractivity contribution < 1.29 is 9.53 Å². The maximum atomic E-state index is 11.7. The van der Waals surface area contributed by atoms with E-state index in [9.17, 15) is 4.79 Å². The van der Waals surface area contributed by atoms with Crippen LogP contribution < -0.4 is 15.4 Å². The Morgan fingerprint density at radius 1 is 1.35 bits per heavy atom. The van der Waals surface area contributed by atoms with Gasteiger partial charge in [0.2, 0.25) is 0 Å². The normalized spacial score (nSPS) is 27.3. The van der Waals surface area contributed by atoms with Gasteiger partial charge in [0.1, 0.15) is 5.75 Å². The smallest absolute Gasteiger partial charge is 0.318 e. The minimum atomic E-state index is -0.670. The molecule has 2 atom stereocenters. The predicted octanol–water partition coefficient (Wildman–Crippen LogP) is 3.35. The molecule has 4 nitrogen and oxygen atoms in total. The summed E-state index contributed by atoms with van der Waals surface area (Å²) in [6, 6.07) is 9.49. The molecule has 2 amide bonds. The van der Waals surface area contributed by atoms with E-state index in [1.54, 1.807) is 0 Å². The molecule has 0 spiro atoms. The van der Waals surface area contributed by atoms with Crippen LogP contribution in [0.15, 0.2) is 30.3 Å². The SMILES string of the molecule is CC12CC(NC(=O)N1)c1cc(Cl)c3ccccc3c1O2. The fourth-order valence-electron chi connectivity index (χ4n) is 3.10. The van der Waals surface area contributed by atoms with Crippen molar-refractivity contribution in [3.8, 4) is 5.75 Å². The lowest BCUT2D eigenvalue weighted by Crippen LogP contribution is -2.62. The second kappa shape index (κ2) is 3.79. The van der Waals surface area contributed by atoms with Crippen molar-refractivity contribution in [3.63, 3.8) is 0 Å². The van der Waals surface area contributed by atoms with E-state index in [0.29, 0.717) is 11.4 Å². The summed E-state index contributed by atoms with van der Waals surface area (Å²) in [6.45, 7) is 1.89. The number of carbonyl (C=O) groups is 1. The van der Waals surface area contributed by atoms with Gasteiger partial charge in [0.15, 0.2) is 5.72 Å². The molecule has 0 saturated carbocycles. The molecule has 2 aromatic carbocycles. The summed E-state index contributed by atoms with van der Waals surface area (Å²) < 4.78 is 6.10. The average molecular weight is 289 g/mol. The number of benzene rings is 2. The van der Waals surface area contributed by atoms with Crippen LogP contribution in [0.2, 0.25) is 5.02 Å². The van der Waals surface area contributed by atoms with Gasteiger partial charge in [-0.2, -0.15) is 0 Å². The van der Waals surface area contributed by atoms with E-state index in [2.05, 4.69) is 10.6 Å². The number of hydrogen-bond donors (Lipinski definition) is 2. The monoisotopic (exact) mass is 288 g/mol. The predicted molar refractivity (Wildman–Crippen MR) is 77.0 cm³/mol. The van der Waals surface area contributed by atoms with Gasteiger partial charge in [-0.25, -0.2) is 4.79 Å². The number of fused-ring (bicyclic) bond motifs is 6. The molecule has 2 heterocycles. The van der Waals surface area contributed by atoms with Crippen molar-refractivity contribution in [2.45, 2.75) is 25.1 Å². The zero-order chi connectivity index (χ0) is 13.9. The number of nitrogens with one attached hydrogen (secondary N) is 2. The van der Waals surface area contributed by atoms with E-state index in [-0.39, 0.29) is 12.1 Å². The Kier molecular flexibility index (Phi) is 2.25. The average Bonchev–Trinajstić information content (AvgIpc) is 2.40. The van der Waals surface area contributed by atoms with Crippen molar-refractivity contribution in [1.82, 2.24) is 10.6 Å². The van der Waals surface area contributed by atoms with E-state index in [4.69, 9.17) is 16.3 Å². The van der Waals surface area contributed by atoms with Crippen LogP contribution >= 0.6 is 11.6 Å². The summed E-state index contributed by atoms with van der Waals surface area (Å²) in [6.07, 6.45) is 0.681. The molecule has 2 aliphatic heterocycles. The fraction of sp³-hybridized carbons (Fsp3) is 0.267. The highest BCUT2D eigenvalue weighted by Crippen LogP contribution is 2.46. The third-order valence-electron chi connectivity index (χ3n) is 3.95. The Balaban J connectivity index is 2.01. The van der Waals surface area contributed by atoms with Crippen LogP contribution in [0.3, 0.4) is 0 Å². The maximum absolute atomic E-state index is 11.7. The Hall–Kier alpha value is -1.94. The summed E-state index contributed by atoms with van der Waals surface area (Å²) in [5.41, 5.74) is 0.275. The first-order valence-electron chi connectivity index (χ1n) is 6.55. The molecule has 2 unspecified atom stereocenters. The minimum Gasteiger partial charge on any atom is -0.467 e. The van der Waals surface area contributed by atoms with Gasteiger partial charge in [-0.3, -0.25) is 0 Å². The van der Waals surface area contributed by atoms with Gasteiger partial charge in [-0.05, 0) is 13.0 Å². The van der Waals surface area contributed by atoms with Crippen molar-refractivity contribution in [3.05, 3.63) is 40.9 Å². The molecule has 5 heteroatoms. The van der Waals surface area contributed by atoms with Crippen molar-refractivity contribution in [2.75, 3.05) is 0 Å². The minimum absolute atomic E-state index is 0.0698. The van der Waals surface area contributed by atoms with Crippen LogP contribution in [0.4, 0.5) is 4.79 Å². The molecule has 2 aliphatic rings. The van der Waals surface area contributed by atoms with Gasteiger partial charge < -0.3 is 15.4 Å². The molecule has 2 aromatic rings. The summed E-state index contributed by atoms with van der Waals surface area (Å²) in [7, 11) is 0. The van der Waals surface area contributed by atoms with E-state index < -0.39 is 5.72 Å². The molecule has 0 aromatic heterocycles. The lowest BCUT2D eigenvalue weighted by molar-refractivity contribution is 0.0135. The molecule has 4 rings (SSSR count). The zero-order valence-corrected chi connectivity index (χ0v) is 11.6. The highest BCUT2D eigenvalue weighted by Gasteiger charge is 2.44. The van der Waals surface area contributed by atoms with Crippen LogP contribution in [-0.4, -0.2) is 11.8 Å². The maximum Gasteiger partial charge on any atom is 0.318 e. The second-order valence-electron chi connectivity index (χ2n) is 5.51. The molecule has 1 saturated heterocycles. The van der Waals surface area contributed by atoms with Gasteiger partial charge in [0.05, 0.1) is 6.04 Å². The molecule has 2 bridgehead atoms. The van der Waals surface area contributed by atoms with Crippen LogP contribution in [0.1, 0.15) is 24.9 Å². The summed E-state index contributed by atoms with van der Waals surface area (Å²) in [5.74, 6) is 0.802. The standard InChI is InChI=1S/C15H13ClN2O2/c1-15-7-12(17-14(19)18-15)10-6-11(16)8-4-2-3-5-9(8)13(10)20-15/h2-6,12H,7H2,1H3,(H2,17,18,19). The Labute approximate surface area is 121 Å². The largest absolute Gasteiger partial charge is 0.467 e. The van der Waals surface area contributed by atoms with Gasteiger partial charge in [0.25, 0.3) is 0 Å². The van der Waals surface area contributed by atoms with E-state index in [0.717, 1.165) is 22.1 Å². The van der Waals surface area contributed by atoms with Gasteiger partial charge in [-0.1, -0.05) is 35.9 Å². The van der Waals surface area contributed by atoms with Crippen molar-refractivity contribution in [1.29, 1.82) is 0 Å². The summed E-state index contributed by atoms with van der Waals surface area (Å²) in [4.78, 5) is 11.7. The van der Waals surface area contributed by atoms with Crippen LogP contribution in [0.25, 0.3) is 10.8 Å². The molecule has 1 fully saturated rings. The van der Waals surface area contributed by atoms with Crippen molar-refractivity contribution in [2.24, 2.45) is 0 Å². The zero-order valence-electron chi connectivity index (χ0n) is 10.9. The first-order valence-corrected chi connectivity index (χ1v) is 6.92. The molecule has 2 N–H and O–H groups in total. The van der Waals surface area contributed by atoms with Gasteiger partial charge in [-0.15, -0.1) is 0 Å². The topological polar surface area (TPSA) is 50.4 Å². The van der Waals surface area contributed by atoms with Gasteiger partial charge in [0, 0.05) is 27.8 Å². The quantitative estimate of drug-likeness (QED) is 0.781.